The van der Waals surface area contributed by atoms with E-state index in [0.29, 0.717) is 24.4 Å². The number of carbonyl (C=O) groups excluding carboxylic acids is 1. The van der Waals surface area contributed by atoms with Gasteiger partial charge in [-0.3, -0.25) is 9.69 Å². The number of hydrogen-bond acceptors (Lipinski definition) is 3. The fraction of sp³-hybridized carbons (Fsp3) is 0.842. The standard InChI is InChI=1S/C17H29N3O.C2H6/c1-5-6-9-18(4)16(21)8-7-10-19-11-17(12-19)13-20(14-17)15(2)3;1-2/h15H,7-14H2,1-4H3;1-2H3. The summed E-state index contributed by atoms with van der Waals surface area (Å²) in [4.78, 5) is 18.6. The Bertz CT molecular complexity index is 422. The summed E-state index contributed by atoms with van der Waals surface area (Å²) in [5, 5.41) is 0. The van der Waals surface area contributed by atoms with Crippen LogP contribution >= 0.6 is 0 Å². The molecule has 2 fully saturated rings. The quantitative estimate of drug-likeness (QED) is 0.702. The zero-order valence-electron chi connectivity index (χ0n) is 16.0. The Kier molecular flexibility index (Phi) is 8.08. The van der Waals surface area contributed by atoms with Crippen LogP contribution in [0.5, 0.6) is 0 Å². The zero-order chi connectivity index (χ0) is 17.5. The molecule has 0 aromatic carbocycles. The van der Waals surface area contributed by atoms with Crippen LogP contribution in [0.2, 0.25) is 0 Å². The molecular formula is C19H35N3O. The third-order valence-electron chi connectivity index (χ3n) is 4.71. The van der Waals surface area contributed by atoms with Gasteiger partial charge in [-0.15, -0.1) is 5.92 Å². The van der Waals surface area contributed by atoms with E-state index in [1.165, 1.54) is 26.2 Å². The van der Waals surface area contributed by atoms with E-state index in [1.54, 1.807) is 11.8 Å². The average molecular weight is 322 g/mol. The fourth-order valence-corrected chi connectivity index (χ4v) is 3.37. The fourth-order valence-electron chi connectivity index (χ4n) is 3.37. The first-order valence-electron chi connectivity index (χ1n) is 9.06. The number of carbonyl (C=O) groups is 1. The lowest BCUT2D eigenvalue weighted by Gasteiger charge is -2.61. The Hall–Kier alpha value is -1.05. The van der Waals surface area contributed by atoms with Gasteiger partial charge in [-0.1, -0.05) is 19.8 Å². The van der Waals surface area contributed by atoms with Gasteiger partial charge >= 0.3 is 0 Å². The molecule has 2 heterocycles. The van der Waals surface area contributed by atoms with E-state index in [2.05, 4.69) is 35.5 Å². The Labute approximate surface area is 143 Å². The van der Waals surface area contributed by atoms with Crippen molar-refractivity contribution in [2.75, 3.05) is 46.3 Å². The van der Waals surface area contributed by atoms with Crippen LogP contribution in [-0.4, -0.2) is 73.0 Å². The molecule has 2 rings (SSSR count). The molecular weight excluding hydrogens is 286 g/mol. The third-order valence-corrected chi connectivity index (χ3v) is 4.71. The first kappa shape index (κ1) is 20.0. The largest absolute Gasteiger partial charge is 0.335 e. The SMILES string of the molecule is CC.CC#CCN(C)C(=O)CCCN1CC2(C1)CN(C(C)C)C2. The van der Waals surface area contributed by atoms with Gasteiger partial charge in [0.25, 0.3) is 0 Å². The minimum absolute atomic E-state index is 0.211. The molecule has 0 unspecified atom stereocenters. The van der Waals surface area contributed by atoms with Crippen LogP contribution in [0.3, 0.4) is 0 Å². The van der Waals surface area contributed by atoms with Gasteiger partial charge in [0.05, 0.1) is 6.54 Å². The van der Waals surface area contributed by atoms with Gasteiger partial charge in [0, 0.05) is 51.1 Å². The molecule has 2 aliphatic heterocycles. The summed E-state index contributed by atoms with van der Waals surface area (Å²) in [5.41, 5.74) is 0.585. The van der Waals surface area contributed by atoms with E-state index in [4.69, 9.17) is 0 Å². The lowest BCUT2D eigenvalue weighted by Crippen LogP contribution is -2.72. The van der Waals surface area contributed by atoms with Gasteiger partial charge in [0.15, 0.2) is 0 Å². The average Bonchev–Trinajstić information content (AvgIpc) is 2.46. The number of amides is 1. The topological polar surface area (TPSA) is 26.8 Å². The van der Waals surface area contributed by atoms with E-state index in [0.717, 1.165) is 13.0 Å². The van der Waals surface area contributed by atoms with Crippen molar-refractivity contribution in [1.82, 2.24) is 14.7 Å². The molecule has 4 nitrogen and oxygen atoms in total. The Morgan fingerprint density at radius 2 is 1.83 bits per heavy atom. The van der Waals surface area contributed by atoms with Crippen LogP contribution in [0.4, 0.5) is 0 Å². The second kappa shape index (κ2) is 9.30. The maximum atomic E-state index is 11.9. The number of likely N-dealkylation sites (tertiary alicyclic amines) is 2. The van der Waals surface area contributed by atoms with Gasteiger partial charge in [0.1, 0.15) is 0 Å². The lowest BCUT2D eigenvalue weighted by molar-refractivity contribution is -0.132. The number of hydrogen-bond donors (Lipinski definition) is 0. The molecule has 2 aliphatic rings. The van der Waals surface area contributed by atoms with E-state index in [9.17, 15) is 4.79 Å². The molecule has 4 heteroatoms. The van der Waals surface area contributed by atoms with Crippen LogP contribution in [0.15, 0.2) is 0 Å². The van der Waals surface area contributed by atoms with Gasteiger partial charge in [-0.05, 0) is 33.7 Å². The molecule has 0 radical (unpaired) electrons. The van der Waals surface area contributed by atoms with Gasteiger partial charge in [-0.25, -0.2) is 0 Å². The van der Waals surface area contributed by atoms with Crippen LogP contribution in [0.25, 0.3) is 0 Å². The van der Waals surface area contributed by atoms with E-state index >= 15 is 0 Å². The molecule has 23 heavy (non-hydrogen) atoms. The summed E-state index contributed by atoms with van der Waals surface area (Å²) >= 11 is 0. The van der Waals surface area contributed by atoms with Crippen LogP contribution in [-0.2, 0) is 4.79 Å². The Morgan fingerprint density at radius 1 is 1.22 bits per heavy atom. The van der Waals surface area contributed by atoms with Gasteiger partial charge in [-0.2, -0.15) is 0 Å². The van der Waals surface area contributed by atoms with Crippen LogP contribution in [0.1, 0.15) is 47.5 Å². The molecule has 0 aromatic rings. The van der Waals surface area contributed by atoms with Crippen LogP contribution in [0, 0.1) is 17.3 Å². The highest BCUT2D eigenvalue weighted by atomic mass is 16.2. The van der Waals surface area contributed by atoms with Gasteiger partial charge < -0.3 is 9.80 Å². The van der Waals surface area contributed by atoms with Crippen molar-refractivity contribution >= 4 is 5.91 Å². The molecule has 0 bridgehead atoms. The smallest absolute Gasteiger partial charge is 0.223 e. The molecule has 2 saturated heterocycles. The third kappa shape index (κ3) is 5.51. The summed E-state index contributed by atoms with van der Waals surface area (Å²) < 4.78 is 0. The van der Waals surface area contributed by atoms with E-state index in [1.807, 2.05) is 20.9 Å². The van der Waals surface area contributed by atoms with E-state index in [-0.39, 0.29) is 5.91 Å². The first-order chi connectivity index (χ1) is 11.0. The molecule has 1 amide bonds. The molecule has 0 saturated carbocycles. The lowest BCUT2D eigenvalue weighted by atomic mass is 9.72. The zero-order valence-corrected chi connectivity index (χ0v) is 16.0. The van der Waals surface area contributed by atoms with Crippen LogP contribution < -0.4 is 0 Å². The van der Waals surface area contributed by atoms with Crippen molar-refractivity contribution in [3.8, 4) is 11.8 Å². The molecule has 132 valence electrons. The second-order valence-corrected chi connectivity index (χ2v) is 6.99. The molecule has 0 atom stereocenters. The summed E-state index contributed by atoms with van der Waals surface area (Å²) in [6.07, 6.45) is 1.61. The van der Waals surface area contributed by atoms with Crippen molar-refractivity contribution in [3.63, 3.8) is 0 Å². The van der Waals surface area contributed by atoms with Crippen molar-refractivity contribution in [2.45, 2.75) is 53.5 Å². The number of rotatable bonds is 6. The summed E-state index contributed by atoms with van der Waals surface area (Å²) in [5.74, 6) is 5.96. The molecule has 0 N–H and O–H groups in total. The Balaban J connectivity index is 0.00000127. The summed E-state index contributed by atoms with van der Waals surface area (Å²) in [6.45, 7) is 16.9. The van der Waals surface area contributed by atoms with Gasteiger partial charge in [0.2, 0.25) is 5.91 Å². The molecule has 0 aromatic heterocycles. The first-order valence-corrected chi connectivity index (χ1v) is 9.06. The summed E-state index contributed by atoms with van der Waals surface area (Å²) in [7, 11) is 1.83. The normalized spacial score (nSPS) is 19.1. The van der Waals surface area contributed by atoms with Crippen molar-refractivity contribution < 1.29 is 4.79 Å². The second-order valence-electron chi connectivity index (χ2n) is 6.99. The van der Waals surface area contributed by atoms with Crippen molar-refractivity contribution in [3.05, 3.63) is 0 Å². The van der Waals surface area contributed by atoms with E-state index < -0.39 is 0 Å². The number of nitrogens with zero attached hydrogens (tertiary/aromatic N) is 3. The molecule has 1 spiro atoms. The molecule has 0 aliphatic carbocycles. The van der Waals surface area contributed by atoms with Crippen molar-refractivity contribution in [1.29, 1.82) is 0 Å². The van der Waals surface area contributed by atoms with Crippen molar-refractivity contribution in [2.24, 2.45) is 5.41 Å². The minimum atomic E-state index is 0.211. The highest BCUT2D eigenvalue weighted by Crippen LogP contribution is 2.40. The highest BCUT2D eigenvalue weighted by Gasteiger charge is 2.51. The predicted octanol–water partition coefficient (Wildman–Crippen LogP) is 2.30. The predicted molar refractivity (Wildman–Crippen MR) is 97.3 cm³/mol. The Morgan fingerprint density at radius 3 is 2.35 bits per heavy atom. The highest BCUT2D eigenvalue weighted by molar-refractivity contribution is 5.76. The summed E-state index contributed by atoms with van der Waals surface area (Å²) in [6, 6.07) is 0.684. The maximum Gasteiger partial charge on any atom is 0.223 e. The monoisotopic (exact) mass is 321 g/mol. The minimum Gasteiger partial charge on any atom is -0.335 e. The maximum absolute atomic E-state index is 11.9.